The molecule has 0 saturated carbocycles. The molecule has 0 radical (unpaired) electrons. The molecule has 0 atom stereocenters. The summed E-state index contributed by atoms with van der Waals surface area (Å²) in [5, 5.41) is 10.8. The molecule has 0 aliphatic rings. The van der Waals surface area contributed by atoms with Gasteiger partial charge < -0.3 is 0 Å². The van der Waals surface area contributed by atoms with Crippen molar-refractivity contribution in [1.82, 2.24) is 0 Å². The van der Waals surface area contributed by atoms with Crippen LogP contribution in [0.25, 0.3) is 0 Å². The largest absolute Gasteiger partial charge is 0.284 e. The van der Waals surface area contributed by atoms with Gasteiger partial charge in [0.05, 0.1) is 23.5 Å². The monoisotopic (exact) mass is 227 g/mol. The predicted molar refractivity (Wildman–Crippen MR) is 67.3 cm³/mol. The lowest BCUT2D eigenvalue weighted by atomic mass is 10.1. The molecule has 0 amide bonds. The Bertz CT molecular complexity index is 271. The van der Waals surface area contributed by atoms with Crippen molar-refractivity contribution in [3.8, 4) is 0 Å². The maximum absolute atomic E-state index is 10.8. The van der Waals surface area contributed by atoms with Crippen LogP contribution in [0.5, 0.6) is 0 Å². The molecule has 5 heteroatoms. The highest BCUT2D eigenvalue weighted by Gasteiger charge is 2.17. The Morgan fingerprint density at radius 1 is 1.00 bits per heavy atom. The molecule has 0 spiro atoms. The average Bonchev–Trinajstić information content (AvgIpc) is 1.98. The van der Waals surface area contributed by atoms with Gasteiger partial charge in [-0.25, -0.2) is 0 Å². The van der Waals surface area contributed by atoms with Crippen LogP contribution >= 0.6 is 0 Å². The van der Waals surface area contributed by atoms with Gasteiger partial charge in [0.25, 0.3) is 6.04 Å². The summed E-state index contributed by atoms with van der Waals surface area (Å²) in [7, 11) is 0. The minimum absolute atomic E-state index is 0.302. The molecule has 0 unspecified atom stereocenters. The molecule has 92 valence electrons. The number of hydrogen-bond donors (Lipinski definition) is 0. The van der Waals surface area contributed by atoms with E-state index in [0.29, 0.717) is 0 Å². The molecule has 0 fully saturated rings. The van der Waals surface area contributed by atoms with Crippen molar-refractivity contribution in [1.29, 1.82) is 0 Å². The Kier molecular flexibility index (Phi) is 4.78. The third kappa shape index (κ3) is 8.08. The lowest BCUT2D eigenvalue weighted by Crippen LogP contribution is -2.26. The van der Waals surface area contributed by atoms with Gasteiger partial charge in [0.2, 0.25) is 0 Å². The Balaban J connectivity index is 4.73. The summed E-state index contributed by atoms with van der Waals surface area (Å²) in [4.78, 5) is 18.6. The number of nitrogens with zero attached hydrogens (tertiary/aromatic N) is 3. The second-order valence-electron chi connectivity index (χ2n) is 5.67. The maximum atomic E-state index is 10.8. The minimum atomic E-state index is -0.946. The molecule has 0 aliphatic carbocycles. The minimum Gasteiger partial charge on any atom is -0.284 e. The van der Waals surface area contributed by atoms with E-state index in [1.54, 1.807) is 0 Å². The summed E-state index contributed by atoms with van der Waals surface area (Å²) in [6, 6.07) is -0.946. The standard InChI is InChI=1S/C11H21N3O2/c1-10(2,3)12-7-9(14(15)16)8-13-11(4,5)6/h7-9H,1-6H3. The van der Waals surface area contributed by atoms with E-state index in [0.717, 1.165) is 0 Å². The van der Waals surface area contributed by atoms with Crippen LogP contribution in [0.2, 0.25) is 0 Å². The fraction of sp³-hybridized carbons (Fsp3) is 0.818. The predicted octanol–water partition coefficient (Wildman–Crippen LogP) is 2.37. The summed E-state index contributed by atoms with van der Waals surface area (Å²) in [5.41, 5.74) is -0.604. The van der Waals surface area contributed by atoms with Crippen molar-refractivity contribution in [2.24, 2.45) is 9.98 Å². The number of aliphatic imine (C=N–C) groups is 2. The molecule has 0 rings (SSSR count). The SMILES string of the molecule is CC(C)(C)N=CC(C=NC(C)(C)C)[N+](=O)[O-]. The van der Waals surface area contributed by atoms with Gasteiger partial charge in [-0.05, 0) is 41.5 Å². The van der Waals surface area contributed by atoms with E-state index in [4.69, 9.17) is 0 Å². The molecule has 0 aromatic rings. The molecule has 0 N–H and O–H groups in total. The molecule has 0 bridgehead atoms. The Morgan fingerprint density at radius 2 is 1.31 bits per heavy atom. The van der Waals surface area contributed by atoms with Gasteiger partial charge in [-0.1, -0.05) is 0 Å². The van der Waals surface area contributed by atoms with Crippen LogP contribution in [0.1, 0.15) is 41.5 Å². The third-order valence-electron chi connectivity index (χ3n) is 1.47. The fourth-order valence-corrected chi connectivity index (χ4v) is 0.747. The van der Waals surface area contributed by atoms with Gasteiger partial charge in [0.1, 0.15) is 0 Å². The van der Waals surface area contributed by atoms with E-state index in [-0.39, 0.29) is 11.1 Å². The summed E-state index contributed by atoms with van der Waals surface area (Å²) in [6.07, 6.45) is 2.68. The lowest BCUT2D eigenvalue weighted by Gasteiger charge is -2.13. The molecule has 0 aliphatic heterocycles. The second-order valence-corrected chi connectivity index (χ2v) is 5.67. The second kappa shape index (κ2) is 5.18. The zero-order chi connectivity index (χ0) is 13.0. The zero-order valence-corrected chi connectivity index (χ0v) is 10.9. The molecule has 16 heavy (non-hydrogen) atoms. The van der Waals surface area contributed by atoms with Crippen molar-refractivity contribution in [2.75, 3.05) is 0 Å². The van der Waals surface area contributed by atoms with E-state index in [1.165, 1.54) is 12.4 Å². The molecule has 0 aromatic heterocycles. The van der Waals surface area contributed by atoms with E-state index in [2.05, 4.69) is 9.98 Å². The van der Waals surface area contributed by atoms with Crippen molar-refractivity contribution >= 4 is 12.4 Å². The summed E-state index contributed by atoms with van der Waals surface area (Å²) in [6.45, 7) is 11.3. The van der Waals surface area contributed by atoms with Crippen molar-refractivity contribution in [3.05, 3.63) is 10.1 Å². The molecule has 0 heterocycles. The van der Waals surface area contributed by atoms with Crippen LogP contribution < -0.4 is 0 Å². The van der Waals surface area contributed by atoms with E-state index in [1.807, 2.05) is 41.5 Å². The highest BCUT2D eigenvalue weighted by Crippen LogP contribution is 2.07. The Morgan fingerprint density at radius 3 is 1.50 bits per heavy atom. The van der Waals surface area contributed by atoms with E-state index < -0.39 is 11.0 Å². The molecule has 0 aromatic carbocycles. The van der Waals surface area contributed by atoms with Crippen LogP contribution in [-0.4, -0.2) is 34.5 Å². The third-order valence-corrected chi connectivity index (χ3v) is 1.47. The van der Waals surface area contributed by atoms with Crippen LogP contribution in [0.3, 0.4) is 0 Å². The van der Waals surface area contributed by atoms with Gasteiger partial charge in [-0.15, -0.1) is 0 Å². The van der Waals surface area contributed by atoms with Gasteiger partial charge in [0, 0.05) is 4.92 Å². The fourth-order valence-electron chi connectivity index (χ4n) is 0.747. The van der Waals surface area contributed by atoms with Crippen molar-refractivity contribution in [3.63, 3.8) is 0 Å². The maximum Gasteiger partial charge on any atom is 0.282 e. The zero-order valence-electron chi connectivity index (χ0n) is 10.9. The van der Waals surface area contributed by atoms with Gasteiger partial charge in [-0.3, -0.25) is 20.1 Å². The molecular weight excluding hydrogens is 206 g/mol. The first-order valence-corrected chi connectivity index (χ1v) is 5.25. The lowest BCUT2D eigenvalue weighted by molar-refractivity contribution is -0.482. The quantitative estimate of drug-likeness (QED) is 0.422. The Hall–Kier alpha value is -1.26. The van der Waals surface area contributed by atoms with E-state index in [9.17, 15) is 10.1 Å². The van der Waals surface area contributed by atoms with E-state index >= 15 is 0 Å². The molecule has 5 nitrogen and oxygen atoms in total. The van der Waals surface area contributed by atoms with Crippen LogP contribution in [0, 0.1) is 10.1 Å². The number of nitro groups is 1. The normalized spacial score (nSPS) is 15.9. The van der Waals surface area contributed by atoms with Crippen molar-refractivity contribution < 1.29 is 4.92 Å². The topological polar surface area (TPSA) is 67.9 Å². The summed E-state index contributed by atoms with van der Waals surface area (Å²) in [5.74, 6) is 0. The van der Waals surface area contributed by atoms with Gasteiger partial charge >= 0.3 is 0 Å². The smallest absolute Gasteiger partial charge is 0.282 e. The van der Waals surface area contributed by atoms with Gasteiger partial charge in [-0.2, -0.15) is 0 Å². The van der Waals surface area contributed by atoms with Crippen molar-refractivity contribution in [2.45, 2.75) is 58.7 Å². The molecule has 0 saturated heterocycles. The first-order chi connectivity index (χ1) is 7.01. The number of hydrogen-bond acceptors (Lipinski definition) is 4. The first kappa shape index (κ1) is 14.7. The summed E-state index contributed by atoms with van der Waals surface area (Å²) >= 11 is 0. The average molecular weight is 227 g/mol. The highest BCUT2D eigenvalue weighted by atomic mass is 16.6. The van der Waals surface area contributed by atoms with Crippen LogP contribution in [0.15, 0.2) is 9.98 Å². The summed E-state index contributed by atoms with van der Waals surface area (Å²) < 4.78 is 0. The van der Waals surface area contributed by atoms with Gasteiger partial charge in [0.15, 0.2) is 0 Å². The highest BCUT2D eigenvalue weighted by molar-refractivity contribution is 5.86. The number of rotatable bonds is 3. The Labute approximate surface area is 96.8 Å². The molecular formula is C11H21N3O2. The van der Waals surface area contributed by atoms with Crippen LogP contribution in [-0.2, 0) is 0 Å². The first-order valence-electron chi connectivity index (χ1n) is 5.25. The van der Waals surface area contributed by atoms with Crippen LogP contribution in [0.4, 0.5) is 0 Å².